The van der Waals surface area contributed by atoms with E-state index in [1.807, 2.05) is 36.4 Å². The molecule has 1 atom stereocenters. The van der Waals surface area contributed by atoms with Gasteiger partial charge in [-0.3, -0.25) is 4.79 Å². The molecule has 7 nitrogen and oxygen atoms in total. The summed E-state index contributed by atoms with van der Waals surface area (Å²) in [5, 5.41) is 9.22. The fourth-order valence-corrected chi connectivity index (χ4v) is 5.83. The standard InChI is InChI=1S/C23H21BrF2N4O3S/c1-29(15-16-6-3-2-4-7-16)23(31)21(9-11-30-10-5-8-18(30)14-27)28-34(32,33)22-19(24)12-17(25)13-20(22)26/h2-8,10,12-13,21,28H,9,11,15H2,1H3. The molecule has 0 aliphatic heterocycles. The average molecular weight is 551 g/mol. The molecule has 1 amide bonds. The molecular formula is C23H21BrF2N4O3S. The van der Waals surface area contributed by atoms with E-state index in [0.717, 1.165) is 11.6 Å². The van der Waals surface area contributed by atoms with Gasteiger partial charge in [0, 0.05) is 36.9 Å². The van der Waals surface area contributed by atoms with Crippen molar-refractivity contribution in [3.8, 4) is 6.07 Å². The zero-order chi connectivity index (χ0) is 24.9. The van der Waals surface area contributed by atoms with E-state index >= 15 is 0 Å². The van der Waals surface area contributed by atoms with Crippen LogP contribution in [0.4, 0.5) is 8.78 Å². The highest BCUT2D eigenvalue weighted by atomic mass is 79.9. The van der Waals surface area contributed by atoms with E-state index in [9.17, 15) is 27.3 Å². The maximum atomic E-state index is 14.4. The molecule has 1 N–H and O–H groups in total. The average Bonchev–Trinajstić information content (AvgIpc) is 3.23. The van der Waals surface area contributed by atoms with Crippen LogP contribution in [0.5, 0.6) is 0 Å². The number of benzene rings is 2. The third-order valence-electron chi connectivity index (χ3n) is 5.07. The van der Waals surface area contributed by atoms with E-state index in [-0.39, 0.29) is 24.0 Å². The van der Waals surface area contributed by atoms with Crippen LogP contribution in [0.25, 0.3) is 0 Å². The zero-order valence-corrected chi connectivity index (χ0v) is 20.5. The van der Waals surface area contributed by atoms with E-state index in [4.69, 9.17) is 0 Å². The molecule has 0 fully saturated rings. The fourth-order valence-electron chi connectivity index (χ4n) is 3.44. The number of nitrogens with one attached hydrogen (secondary N) is 1. The maximum Gasteiger partial charge on any atom is 0.245 e. The first-order chi connectivity index (χ1) is 16.1. The molecule has 0 saturated carbocycles. The molecule has 2 aromatic carbocycles. The largest absolute Gasteiger partial charge is 0.340 e. The Morgan fingerprint density at radius 2 is 1.91 bits per heavy atom. The van der Waals surface area contributed by atoms with Gasteiger partial charge in [-0.2, -0.15) is 9.98 Å². The highest BCUT2D eigenvalue weighted by Crippen LogP contribution is 2.26. The Kier molecular flexibility index (Phi) is 8.19. The van der Waals surface area contributed by atoms with Crippen LogP contribution in [0, 0.1) is 23.0 Å². The summed E-state index contributed by atoms with van der Waals surface area (Å²) in [6, 6.07) is 14.4. The summed E-state index contributed by atoms with van der Waals surface area (Å²) >= 11 is 2.89. The minimum atomic E-state index is -4.56. The first-order valence-corrected chi connectivity index (χ1v) is 12.4. The van der Waals surface area contributed by atoms with Gasteiger partial charge in [0.15, 0.2) is 0 Å². The molecule has 0 aliphatic rings. The summed E-state index contributed by atoms with van der Waals surface area (Å²) in [4.78, 5) is 13.8. The lowest BCUT2D eigenvalue weighted by atomic mass is 10.1. The number of carbonyl (C=O) groups is 1. The highest BCUT2D eigenvalue weighted by molar-refractivity contribution is 9.10. The quantitative estimate of drug-likeness (QED) is 0.438. The van der Waals surface area contributed by atoms with Crippen LogP contribution in [0.1, 0.15) is 17.7 Å². The Balaban J connectivity index is 1.89. The second-order valence-electron chi connectivity index (χ2n) is 7.54. The van der Waals surface area contributed by atoms with Crippen LogP contribution >= 0.6 is 15.9 Å². The summed E-state index contributed by atoms with van der Waals surface area (Å²) in [5.41, 5.74) is 1.18. The summed E-state index contributed by atoms with van der Waals surface area (Å²) < 4.78 is 57.5. The summed E-state index contributed by atoms with van der Waals surface area (Å²) in [6.45, 7) is 0.376. The monoisotopic (exact) mass is 550 g/mol. The van der Waals surface area contributed by atoms with Gasteiger partial charge in [0.1, 0.15) is 34.3 Å². The molecule has 0 saturated heterocycles. The number of aromatic nitrogens is 1. The molecule has 178 valence electrons. The van der Waals surface area contributed by atoms with Crippen molar-refractivity contribution in [3.63, 3.8) is 0 Å². The molecule has 0 radical (unpaired) electrons. The second-order valence-corrected chi connectivity index (χ2v) is 10.0. The lowest BCUT2D eigenvalue weighted by Gasteiger charge is -2.25. The molecule has 0 aliphatic carbocycles. The van der Waals surface area contributed by atoms with Crippen LogP contribution in [0.3, 0.4) is 0 Å². The topological polar surface area (TPSA) is 95.2 Å². The SMILES string of the molecule is CN(Cc1ccccc1)C(=O)C(CCn1cccc1C#N)NS(=O)(=O)c1c(F)cc(F)cc1Br. The number of nitrogens with zero attached hydrogens (tertiary/aromatic N) is 3. The Labute approximate surface area is 204 Å². The van der Waals surface area contributed by atoms with Crippen LogP contribution in [-0.2, 0) is 27.9 Å². The number of halogens is 3. The first-order valence-electron chi connectivity index (χ1n) is 10.1. The number of sulfonamides is 1. The maximum absolute atomic E-state index is 14.4. The van der Waals surface area contributed by atoms with Gasteiger partial charge in [-0.25, -0.2) is 17.2 Å². The van der Waals surface area contributed by atoms with Gasteiger partial charge < -0.3 is 9.47 Å². The highest BCUT2D eigenvalue weighted by Gasteiger charge is 2.31. The Bertz CT molecular complexity index is 1300. The zero-order valence-electron chi connectivity index (χ0n) is 18.1. The summed E-state index contributed by atoms with van der Waals surface area (Å²) in [5.74, 6) is -2.78. The van der Waals surface area contributed by atoms with Crippen LogP contribution < -0.4 is 4.72 Å². The predicted molar refractivity (Wildman–Crippen MR) is 125 cm³/mol. The molecule has 1 aromatic heterocycles. The van der Waals surface area contributed by atoms with Crippen molar-refractivity contribution >= 4 is 31.9 Å². The van der Waals surface area contributed by atoms with Gasteiger partial charge in [0.2, 0.25) is 15.9 Å². The lowest BCUT2D eigenvalue weighted by molar-refractivity contribution is -0.132. The molecule has 0 bridgehead atoms. The van der Waals surface area contributed by atoms with E-state index in [2.05, 4.69) is 20.7 Å². The van der Waals surface area contributed by atoms with Gasteiger partial charge in [-0.1, -0.05) is 30.3 Å². The predicted octanol–water partition coefficient (Wildman–Crippen LogP) is 3.80. The number of hydrogen-bond donors (Lipinski definition) is 1. The first kappa shape index (κ1) is 25.6. The van der Waals surface area contributed by atoms with E-state index in [1.54, 1.807) is 22.9 Å². The number of hydrogen-bond acceptors (Lipinski definition) is 4. The number of carbonyl (C=O) groups excluding carboxylic acids is 1. The van der Waals surface area contributed by atoms with Crippen LogP contribution in [0.15, 0.2) is 70.2 Å². The van der Waals surface area contributed by atoms with Crippen LogP contribution in [0.2, 0.25) is 0 Å². The Morgan fingerprint density at radius 1 is 1.21 bits per heavy atom. The van der Waals surface area contributed by atoms with Crippen molar-refractivity contribution in [3.05, 3.63) is 88.2 Å². The van der Waals surface area contributed by atoms with Gasteiger partial charge in [-0.15, -0.1) is 0 Å². The van der Waals surface area contributed by atoms with Crippen molar-refractivity contribution in [1.29, 1.82) is 5.26 Å². The fraction of sp³-hybridized carbons (Fsp3) is 0.217. The molecule has 1 heterocycles. The molecule has 34 heavy (non-hydrogen) atoms. The molecule has 11 heteroatoms. The number of amides is 1. The molecular weight excluding hydrogens is 530 g/mol. The third-order valence-corrected chi connectivity index (χ3v) is 7.50. The van der Waals surface area contributed by atoms with Crippen molar-refractivity contribution in [2.45, 2.75) is 30.4 Å². The van der Waals surface area contributed by atoms with Crippen molar-refractivity contribution < 1.29 is 22.0 Å². The number of aryl methyl sites for hydroxylation is 1. The normalized spacial score (nSPS) is 12.2. The third kappa shape index (κ3) is 6.08. The molecule has 0 spiro atoms. The lowest BCUT2D eigenvalue weighted by Crippen LogP contribution is -2.47. The van der Waals surface area contributed by atoms with Gasteiger partial charge >= 0.3 is 0 Å². The van der Waals surface area contributed by atoms with Gasteiger partial charge in [0.05, 0.1) is 0 Å². The van der Waals surface area contributed by atoms with Gasteiger partial charge in [0.25, 0.3) is 0 Å². The molecule has 3 rings (SSSR count). The summed E-state index contributed by atoms with van der Waals surface area (Å²) in [7, 11) is -3.03. The molecule has 1 unspecified atom stereocenters. The molecule has 3 aromatic rings. The minimum Gasteiger partial charge on any atom is -0.340 e. The van der Waals surface area contributed by atoms with Gasteiger partial charge in [-0.05, 0) is 46.1 Å². The summed E-state index contributed by atoms with van der Waals surface area (Å²) in [6.07, 6.45) is 1.62. The van der Waals surface area contributed by atoms with Crippen molar-refractivity contribution in [2.75, 3.05) is 7.05 Å². The van der Waals surface area contributed by atoms with E-state index in [0.29, 0.717) is 11.8 Å². The van der Waals surface area contributed by atoms with E-state index < -0.39 is 38.5 Å². The van der Waals surface area contributed by atoms with E-state index in [1.165, 1.54) is 11.9 Å². The van der Waals surface area contributed by atoms with Crippen molar-refractivity contribution in [1.82, 2.24) is 14.2 Å². The number of nitriles is 1. The van der Waals surface area contributed by atoms with Crippen molar-refractivity contribution in [2.24, 2.45) is 0 Å². The minimum absolute atomic E-state index is 0.0129. The number of likely N-dealkylation sites (N-methyl/N-ethyl adjacent to an activating group) is 1. The Hall–Kier alpha value is -3.07. The van der Waals surface area contributed by atoms with Crippen LogP contribution in [-0.4, -0.2) is 36.9 Å². The number of rotatable bonds is 9. The smallest absolute Gasteiger partial charge is 0.245 e. The second kappa shape index (κ2) is 10.9. The Morgan fingerprint density at radius 3 is 2.56 bits per heavy atom.